The largest absolute Gasteiger partial charge is 0.467 e. The van der Waals surface area contributed by atoms with E-state index in [1.165, 1.54) is 13.2 Å². The summed E-state index contributed by atoms with van der Waals surface area (Å²) in [4.78, 5) is 0. The smallest absolute Gasteiger partial charge is 0.167 e. The van der Waals surface area contributed by atoms with Crippen molar-refractivity contribution in [1.82, 2.24) is 5.32 Å². The monoisotopic (exact) mass is 237 g/mol. The number of rotatable bonds is 3. The highest BCUT2D eigenvalue weighted by molar-refractivity contribution is 5.66. The van der Waals surface area contributed by atoms with Crippen LogP contribution in [0.4, 0.5) is 8.78 Å². The van der Waals surface area contributed by atoms with Gasteiger partial charge in [-0.05, 0) is 25.6 Å². The fourth-order valence-electron chi connectivity index (χ4n) is 1.73. The van der Waals surface area contributed by atoms with E-state index >= 15 is 0 Å². The normalized spacial score (nSPS) is 10.8. The molecule has 0 atom stereocenters. The van der Waals surface area contributed by atoms with Crippen molar-refractivity contribution in [3.63, 3.8) is 0 Å². The third-order valence-corrected chi connectivity index (χ3v) is 2.65. The minimum atomic E-state index is -0.830. The van der Waals surface area contributed by atoms with Crippen LogP contribution < -0.4 is 5.32 Å². The summed E-state index contributed by atoms with van der Waals surface area (Å²) in [6, 6.07) is 4.77. The first-order valence-corrected chi connectivity index (χ1v) is 5.31. The lowest BCUT2D eigenvalue weighted by Gasteiger charge is -2.06. The number of aryl methyl sites for hydroxylation is 1. The van der Waals surface area contributed by atoms with Gasteiger partial charge in [-0.3, -0.25) is 0 Å². The molecular weight excluding hydrogens is 224 g/mol. The van der Waals surface area contributed by atoms with Crippen molar-refractivity contribution < 1.29 is 13.2 Å². The van der Waals surface area contributed by atoms with Crippen LogP contribution >= 0.6 is 0 Å². The highest BCUT2D eigenvalue weighted by Gasteiger charge is 2.16. The van der Waals surface area contributed by atoms with E-state index in [4.69, 9.17) is 4.42 Å². The molecule has 0 saturated carbocycles. The van der Waals surface area contributed by atoms with Gasteiger partial charge in [0.05, 0.1) is 12.8 Å². The molecule has 17 heavy (non-hydrogen) atoms. The zero-order valence-corrected chi connectivity index (χ0v) is 9.68. The van der Waals surface area contributed by atoms with Crippen LogP contribution in [0, 0.1) is 18.6 Å². The van der Waals surface area contributed by atoms with Crippen molar-refractivity contribution in [1.29, 1.82) is 0 Å². The summed E-state index contributed by atoms with van der Waals surface area (Å²) in [7, 11) is 1.76. The van der Waals surface area contributed by atoms with Crippen molar-refractivity contribution in [3.8, 4) is 11.1 Å². The van der Waals surface area contributed by atoms with Gasteiger partial charge >= 0.3 is 0 Å². The van der Waals surface area contributed by atoms with E-state index in [0.717, 1.165) is 0 Å². The Morgan fingerprint density at radius 1 is 1.12 bits per heavy atom. The van der Waals surface area contributed by atoms with E-state index in [1.807, 2.05) is 0 Å². The number of nitrogens with one attached hydrogen (secondary N) is 1. The molecule has 1 aromatic carbocycles. The molecule has 1 N–H and O–H groups in total. The van der Waals surface area contributed by atoms with Crippen LogP contribution in [-0.2, 0) is 6.54 Å². The number of halogens is 2. The summed E-state index contributed by atoms with van der Waals surface area (Å²) in [5.41, 5.74) is 1.10. The van der Waals surface area contributed by atoms with E-state index in [1.54, 1.807) is 25.2 Å². The molecule has 0 aliphatic rings. The third kappa shape index (κ3) is 2.08. The average molecular weight is 237 g/mol. The Labute approximate surface area is 98.3 Å². The summed E-state index contributed by atoms with van der Waals surface area (Å²) < 4.78 is 32.5. The molecule has 0 amide bonds. The zero-order chi connectivity index (χ0) is 12.4. The zero-order valence-electron chi connectivity index (χ0n) is 9.68. The summed E-state index contributed by atoms with van der Waals surface area (Å²) in [6.45, 7) is 2.00. The van der Waals surface area contributed by atoms with Gasteiger partial charge in [0.2, 0.25) is 0 Å². The van der Waals surface area contributed by atoms with Crippen molar-refractivity contribution in [2.45, 2.75) is 13.5 Å². The second-order valence-electron chi connectivity index (χ2n) is 3.85. The van der Waals surface area contributed by atoms with Gasteiger partial charge in [-0.15, -0.1) is 0 Å². The number of furan rings is 1. The molecule has 2 rings (SSSR count). The Hall–Kier alpha value is -1.68. The highest BCUT2D eigenvalue weighted by Crippen LogP contribution is 2.29. The van der Waals surface area contributed by atoms with Crippen LogP contribution in [0.1, 0.15) is 11.3 Å². The molecule has 0 saturated heterocycles. The maximum atomic E-state index is 13.8. The predicted molar refractivity (Wildman–Crippen MR) is 61.6 cm³/mol. The van der Waals surface area contributed by atoms with Crippen LogP contribution in [-0.4, -0.2) is 7.05 Å². The molecule has 90 valence electrons. The van der Waals surface area contributed by atoms with E-state index in [2.05, 4.69) is 5.32 Å². The minimum Gasteiger partial charge on any atom is -0.467 e. The maximum absolute atomic E-state index is 13.8. The molecule has 1 aromatic heterocycles. The van der Waals surface area contributed by atoms with Crippen molar-refractivity contribution >= 4 is 0 Å². The average Bonchev–Trinajstić information content (AvgIpc) is 2.75. The van der Waals surface area contributed by atoms with Gasteiger partial charge in [0.15, 0.2) is 11.6 Å². The summed E-state index contributed by atoms with van der Waals surface area (Å²) >= 11 is 0. The molecule has 4 heteroatoms. The molecule has 1 heterocycles. The van der Waals surface area contributed by atoms with E-state index < -0.39 is 11.6 Å². The van der Waals surface area contributed by atoms with Gasteiger partial charge in [0.1, 0.15) is 5.76 Å². The summed E-state index contributed by atoms with van der Waals surface area (Å²) in [6.07, 6.45) is 1.47. The molecular formula is C13H13F2NO. The van der Waals surface area contributed by atoms with E-state index in [-0.39, 0.29) is 5.56 Å². The molecule has 0 aliphatic heterocycles. The number of hydrogen-bond donors (Lipinski definition) is 1. The lowest BCUT2D eigenvalue weighted by molar-refractivity contribution is 0.493. The van der Waals surface area contributed by atoms with Crippen LogP contribution in [0.15, 0.2) is 28.9 Å². The van der Waals surface area contributed by atoms with Crippen LogP contribution in [0.2, 0.25) is 0 Å². The van der Waals surface area contributed by atoms with Crippen molar-refractivity contribution in [2.24, 2.45) is 0 Å². The first-order valence-electron chi connectivity index (χ1n) is 5.31. The first-order chi connectivity index (χ1) is 8.15. The lowest BCUT2D eigenvalue weighted by atomic mass is 10.0. The molecule has 0 fully saturated rings. The first kappa shape index (κ1) is 11.8. The number of hydrogen-bond acceptors (Lipinski definition) is 2. The van der Waals surface area contributed by atoms with Gasteiger partial charge in [0, 0.05) is 11.1 Å². The van der Waals surface area contributed by atoms with Gasteiger partial charge < -0.3 is 9.73 Å². The molecule has 2 nitrogen and oxygen atoms in total. The highest BCUT2D eigenvalue weighted by atomic mass is 19.2. The Balaban J connectivity index is 2.53. The predicted octanol–water partition coefficient (Wildman–Crippen LogP) is 3.25. The SMILES string of the molecule is CNCc1occc1-c1ccc(C)c(F)c1F. The van der Waals surface area contributed by atoms with Gasteiger partial charge in [-0.2, -0.15) is 0 Å². The Morgan fingerprint density at radius 2 is 1.88 bits per heavy atom. The number of benzene rings is 1. The Kier molecular flexibility index (Phi) is 3.24. The van der Waals surface area contributed by atoms with Crippen LogP contribution in [0.3, 0.4) is 0 Å². The Morgan fingerprint density at radius 3 is 2.59 bits per heavy atom. The minimum absolute atomic E-state index is 0.229. The van der Waals surface area contributed by atoms with Crippen molar-refractivity contribution in [2.75, 3.05) is 7.05 Å². The molecule has 0 radical (unpaired) electrons. The fourth-order valence-corrected chi connectivity index (χ4v) is 1.73. The third-order valence-electron chi connectivity index (χ3n) is 2.65. The van der Waals surface area contributed by atoms with Gasteiger partial charge in [-0.1, -0.05) is 12.1 Å². The maximum Gasteiger partial charge on any atom is 0.167 e. The van der Waals surface area contributed by atoms with Crippen molar-refractivity contribution in [3.05, 3.63) is 47.4 Å². The molecule has 0 aliphatic carbocycles. The lowest BCUT2D eigenvalue weighted by Crippen LogP contribution is -2.05. The second-order valence-corrected chi connectivity index (χ2v) is 3.85. The van der Waals surface area contributed by atoms with Gasteiger partial charge in [-0.25, -0.2) is 8.78 Å². The summed E-state index contributed by atoms with van der Waals surface area (Å²) in [5, 5.41) is 2.92. The van der Waals surface area contributed by atoms with E-state index in [0.29, 0.717) is 23.4 Å². The van der Waals surface area contributed by atoms with Crippen LogP contribution in [0.25, 0.3) is 11.1 Å². The molecule has 0 spiro atoms. The Bertz CT molecular complexity index is 534. The summed E-state index contributed by atoms with van der Waals surface area (Å²) in [5.74, 6) is -1.04. The fraction of sp³-hybridized carbons (Fsp3) is 0.231. The molecule has 0 unspecified atom stereocenters. The second kappa shape index (κ2) is 4.67. The topological polar surface area (TPSA) is 25.2 Å². The standard InChI is InChI=1S/C13H13F2NO/c1-8-3-4-10(13(15)12(8)14)9-5-6-17-11(9)7-16-2/h3-6,16H,7H2,1-2H3. The van der Waals surface area contributed by atoms with Crippen LogP contribution in [0.5, 0.6) is 0 Å². The molecule has 2 aromatic rings. The quantitative estimate of drug-likeness (QED) is 0.886. The van der Waals surface area contributed by atoms with Gasteiger partial charge in [0.25, 0.3) is 0 Å². The van der Waals surface area contributed by atoms with E-state index in [9.17, 15) is 8.78 Å². The molecule has 0 bridgehead atoms.